The molecule has 2 heterocycles. The average molecular weight is 324 g/mol. The van der Waals surface area contributed by atoms with E-state index in [-0.39, 0.29) is 11.9 Å². The lowest BCUT2D eigenvalue weighted by molar-refractivity contribution is 0.103. The molecule has 0 aliphatic carbocycles. The number of thiophene rings is 1. The minimum absolute atomic E-state index is 0.122. The Morgan fingerprint density at radius 3 is 2.39 bits per heavy atom. The number of amides is 1. The molecule has 1 atom stereocenters. The van der Waals surface area contributed by atoms with E-state index in [1.165, 1.54) is 16.9 Å². The molecule has 3 aromatic rings. The van der Waals surface area contributed by atoms with Crippen molar-refractivity contribution >= 4 is 28.9 Å². The topological polar surface area (TPSA) is 66.9 Å². The number of aromatic nitrogens is 2. The van der Waals surface area contributed by atoms with Gasteiger partial charge in [-0.3, -0.25) is 4.79 Å². The van der Waals surface area contributed by atoms with E-state index in [2.05, 4.69) is 39.9 Å². The molecule has 1 unspecified atom stereocenters. The molecule has 0 bridgehead atoms. The lowest BCUT2D eigenvalue weighted by atomic mass is 10.1. The third-order valence-corrected chi connectivity index (χ3v) is 4.18. The van der Waals surface area contributed by atoms with Crippen LogP contribution in [-0.2, 0) is 0 Å². The summed E-state index contributed by atoms with van der Waals surface area (Å²) in [4.78, 5) is 12.6. The van der Waals surface area contributed by atoms with Crippen LogP contribution >= 0.6 is 11.3 Å². The SMILES string of the molecule is CC(Nc1ccc(NC(=O)c2cccs2)nn1)c1ccccc1. The van der Waals surface area contributed by atoms with Crippen molar-refractivity contribution in [3.8, 4) is 0 Å². The quantitative estimate of drug-likeness (QED) is 0.745. The molecule has 3 rings (SSSR count). The number of nitrogens with zero attached hydrogens (tertiary/aromatic N) is 2. The maximum atomic E-state index is 11.9. The van der Waals surface area contributed by atoms with Gasteiger partial charge in [0, 0.05) is 6.04 Å². The normalized spacial score (nSPS) is 11.7. The minimum Gasteiger partial charge on any atom is -0.362 e. The van der Waals surface area contributed by atoms with Gasteiger partial charge in [-0.1, -0.05) is 36.4 Å². The summed E-state index contributed by atoms with van der Waals surface area (Å²) in [5, 5.41) is 16.0. The molecule has 2 N–H and O–H groups in total. The van der Waals surface area contributed by atoms with Crippen molar-refractivity contribution in [1.82, 2.24) is 10.2 Å². The van der Waals surface area contributed by atoms with Gasteiger partial charge in [0.15, 0.2) is 5.82 Å². The van der Waals surface area contributed by atoms with E-state index >= 15 is 0 Å². The van der Waals surface area contributed by atoms with Gasteiger partial charge in [0.2, 0.25) is 0 Å². The monoisotopic (exact) mass is 324 g/mol. The fourth-order valence-electron chi connectivity index (χ4n) is 2.11. The summed E-state index contributed by atoms with van der Waals surface area (Å²) < 4.78 is 0. The highest BCUT2D eigenvalue weighted by Gasteiger charge is 2.09. The number of nitrogens with one attached hydrogen (secondary N) is 2. The molecular weight excluding hydrogens is 308 g/mol. The second kappa shape index (κ2) is 7.02. The molecule has 1 amide bonds. The fraction of sp³-hybridized carbons (Fsp3) is 0.118. The van der Waals surface area contributed by atoms with Crippen molar-refractivity contribution in [2.75, 3.05) is 10.6 Å². The maximum Gasteiger partial charge on any atom is 0.266 e. The number of carbonyl (C=O) groups is 1. The Labute approximate surface area is 138 Å². The Kier molecular flexibility index (Phi) is 4.63. The van der Waals surface area contributed by atoms with Crippen LogP contribution in [0.1, 0.15) is 28.2 Å². The van der Waals surface area contributed by atoms with Crippen LogP contribution in [0.15, 0.2) is 60.0 Å². The number of benzene rings is 1. The predicted molar refractivity (Wildman–Crippen MR) is 92.8 cm³/mol. The third kappa shape index (κ3) is 3.92. The summed E-state index contributed by atoms with van der Waals surface area (Å²) in [5.74, 6) is 0.921. The number of carbonyl (C=O) groups excluding carboxylic acids is 1. The van der Waals surface area contributed by atoms with E-state index in [1.807, 2.05) is 29.6 Å². The zero-order chi connectivity index (χ0) is 16.1. The summed E-state index contributed by atoms with van der Waals surface area (Å²) >= 11 is 1.39. The molecular formula is C17H16N4OS. The van der Waals surface area contributed by atoms with Gasteiger partial charge in [-0.05, 0) is 36.1 Å². The van der Waals surface area contributed by atoms with Gasteiger partial charge < -0.3 is 10.6 Å². The predicted octanol–water partition coefficient (Wildman–Crippen LogP) is 3.96. The van der Waals surface area contributed by atoms with E-state index in [0.29, 0.717) is 16.5 Å². The third-order valence-electron chi connectivity index (χ3n) is 3.32. The first-order chi connectivity index (χ1) is 11.2. The standard InChI is InChI=1S/C17H16N4OS/c1-12(13-6-3-2-4-7-13)18-15-9-10-16(21-20-15)19-17(22)14-8-5-11-23-14/h2-12H,1H3,(H,18,20)(H,19,21,22). The highest BCUT2D eigenvalue weighted by atomic mass is 32.1. The molecule has 0 radical (unpaired) electrons. The highest BCUT2D eigenvalue weighted by molar-refractivity contribution is 7.12. The summed E-state index contributed by atoms with van der Waals surface area (Å²) in [6.45, 7) is 2.06. The number of hydrogen-bond acceptors (Lipinski definition) is 5. The Bertz CT molecular complexity index is 757. The molecule has 0 saturated carbocycles. The first-order valence-corrected chi connectivity index (χ1v) is 8.10. The van der Waals surface area contributed by atoms with Gasteiger partial charge in [0.05, 0.1) is 4.88 Å². The molecule has 2 aromatic heterocycles. The molecule has 0 saturated heterocycles. The number of rotatable bonds is 5. The van der Waals surface area contributed by atoms with Crippen molar-refractivity contribution in [2.24, 2.45) is 0 Å². The molecule has 0 spiro atoms. The fourth-order valence-corrected chi connectivity index (χ4v) is 2.73. The summed E-state index contributed by atoms with van der Waals surface area (Å²) in [6.07, 6.45) is 0. The molecule has 116 valence electrons. The number of anilines is 2. The van der Waals surface area contributed by atoms with E-state index in [0.717, 1.165) is 0 Å². The van der Waals surface area contributed by atoms with Gasteiger partial charge >= 0.3 is 0 Å². The lowest BCUT2D eigenvalue weighted by Crippen LogP contribution is -2.13. The van der Waals surface area contributed by atoms with Crippen LogP contribution in [0, 0.1) is 0 Å². The second-order valence-corrected chi connectivity index (χ2v) is 5.96. The Balaban J connectivity index is 1.62. The molecule has 23 heavy (non-hydrogen) atoms. The Morgan fingerprint density at radius 1 is 1.00 bits per heavy atom. The van der Waals surface area contributed by atoms with Gasteiger partial charge in [-0.25, -0.2) is 0 Å². The number of hydrogen-bond donors (Lipinski definition) is 2. The second-order valence-electron chi connectivity index (χ2n) is 5.01. The van der Waals surface area contributed by atoms with Crippen LogP contribution < -0.4 is 10.6 Å². The van der Waals surface area contributed by atoms with E-state index in [1.54, 1.807) is 18.2 Å². The largest absolute Gasteiger partial charge is 0.362 e. The van der Waals surface area contributed by atoms with E-state index in [9.17, 15) is 4.79 Å². The van der Waals surface area contributed by atoms with Gasteiger partial charge in [0.1, 0.15) is 5.82 Å². The van der Waals surface area contributed by atoms with Crippen LogP contribution in [0.5, 0.6) is 0 Å². The van der Waals surface area contributed by atoms with Crippen LogP contribution in [0.25, 0.3) is 0 Å². The molecule has 0 aliphatic heterocycles. The van der Waals surface area contributed by atoms with Crippen LogP contribution in [0.4, 0.5) is 11.6 Å². The van der Waals surface area contributed by atoms with E-state index in [4.69, 9.17) is 0 Å². The smallest absolute Gasteiger partial charge is 0.266 e. The summed E-state index contributed by atoms with van der Waals surface area (Å²) in [6, 6.07) is 17.4. The average Bonchev–Trinajstić information content (AvgIpc) is 3.12. The maximum absolute atomic E-state index is 11.9. The van der Waals surface area contributed by atoms with Gasteiger partial charge in [-0.2, -0.15) is 0 Å². The van der Waals surface area contributed by atoms with Gasteiger partial charge in [-0.15, -0.1) is 21.5 Å². The van der Waals surface area contributed by atoms with Crippen molar-refractivity contribution in [1.29, 1.82) is 0 Å². The Hall–Kier alpha value is -2.73. The van der Waals surface area contributed by atoms with Crippen LogP contribution in [0.2, 0.25) is 0 Å². The van der Waals surface area contributed by atoms with Crippen molar-refractivity contribution in [3.63, 3.8) is 0 Å². The zero-order valence-corrected chi connectivity index (χ0v) is 13.4. The molecule has 6 heteroatoms. The molecule has 0 aliphatic rings. The molecule has 1 aromatic carbocycles. The van der Waals surface area contributed by atoms with Gasteiger partial charge in [0.25, 0.3) is 5.91 Å². The minimum atomic E-state index is -0.173. The van der Waals surface area contributed by atoms with Crippen molar-refractivity contribution < 1.29 is 4.79 Å². The zero-order valence-electron chi connectivity index (χ0n) is 12.6. The van der Waals surface area contributed by atoms with E-state index < -0.39 is 0 Å². The lowest BCUT2D eigenvalue weighted by Gasteiger charge is -2.14. The Morgan fingerprint density at radius 2 is 1.74 bits per heavy atom. The highest BCUT2D eigenvalue weighted by Crippen LogP contribution is 2.18. The first-order valence-electron chi connectivity index (χ1n) is 7.22. The molecule has 5 nitrogen and oxygen atoms in total. The first kappa shape index (κ1) is 15.2. The molecule has 0 fully saturated rings. The van der Waals surface area contributed by atoms with Crippen LogP contribution in [-0.4, -0.2) is 16.1 Å². The van der Waals surface area contributed by atoms with Crippen molar-refractivity contribution in [3.05, 3.63) is 70.4 Å². The van der Waals surface area contributed by atoms with Crippen molar-refractivity contribution in [2.45, 2.75) is 13.0 Å². The van der Waals surface area contributed by atoms with Crippen LogP contribution in [0.3, 0.4) is 0 Å². The summed E-state index contributed by atoms with van der Waals surface area (Å²) in [5.41, 5.74) is 1.17. The summed E-state index contributed by atoms with van der Waals surface area (Å²) in [7, 11) is 0.